The van der Waals surface area contributed by atoms with Gasteiger partial charge in [0.25, 0.3) is 0 Å². The predicted molar refractivity (Wildman–Crippen MR) is 102 cm³/mol. The fourth-order valence-electron chi connectivity index (χ4n) is 2.91. The Balaban J connectivity index is 2.94. The number of benzene rings is 1. The van der Waals surface area contributed by atoms with E-state index in [1.54, 1.807) is 12.1 Å². The van der Waals surface area contributed by atoms with Crippen LogP contribution in [0.2, 0.25) is 0 Å². The topological polar surface area (TPSA) is 108 Å². The summed E-state index contributed by atoms with van der Waals surface area (Å²) < 4.78 is 21.1. The minimum absolute atomic E-state index is 0.000564. The first-order valence-electron chi connectivity index (χ1n) is 8.16. The molecule has 0 amide bonds. The fourth-order valence-corrected chi connectivity index (χ4v) is 2.91. The number of hydrogen-bond donors (Lipinski definition) is 1. The number of nitrogens with zero attached hydrogens (tertiary/aromatic N) is 1. The lowest BCUT2D eigenvalue weighted by Crippen LogP contribution is -2.08. The van der Waals surface area contributed by atoms with Crippen LogP contribution in [-0.4, -0.2) is 58.5 Å². The molecule has 0 unspecified atom stereocenters. The van der Waals surface area contributed by atoms with Crippen molar-refractivity contribution in [1.82, 2.24) is 4.98 Å². The van der Waals surface area contributed by atoms with Gasteiger partial charge in [-0.05, 0) is 19.1 Å². The molecule has 0 fully saturated rings. The summed E-state index contributed by atoms with van der Waals surface area (Å²) in [5.41, 5.74) is 1.38. The molecular weight excluding hydrogens is 368 g/mol. The van der Waals surface area contributed by atoms with Crippen LogP contribution in [-0.2, 0) is 9.57 Å². The smallest absolute Gasteiger partial charge is 0.355 e. The molecule has 1 heterocycles. The van der Waals surface area contributed by atoms with Crippen LogP contribution in [0, 0.1) is 0 Å². The van der Waals surface area contributed by atoms with Crippen molar-refractivity contribution < 1.29 is 33.4 Å². The normalized spacial score (nSPS) is 10.6. The van der Waals surface area contributed by atoms with Crippen LogP contribution in [0.4, 0.5) is 0 Å². The van der Waals surface area contributed by atoms with Crippen molar-refractivity contribution in [2.45, 2.75) is 6.92 Å². The van der Waals surface area contributed by atoms with E-state index in [4.69, 9.17) is 23.8 Å². The second-order valence-corrected chi connectivity index (χ2v) is 5.51. The van der Waals surface area contributed by atoms with Gasteiger partial charge in [0.15, 0.2) is 17.3 Å². The Morgan fingerprint density at radius 3 is 2.18 bits per heavy atom. The molecule has 2 rings (SSSR count). The van der Waals surface area contributed by atoms with Crippen molar-refractivity contribution in [2.24, 2.45) is 5.16 Å². The molecule has 0 bridgehead atoms. The fraction of sp³-hybridized carbons (Fsp3) is 0.316. The van der Waals surface area contributed by atoms with Crippen molar-refractivity contribution in [3.63, 3.8) is 0 Å². The third-order valence-electron chi connectivity index (χ3n) is 4.03. The van der Waals surface area contributed by atoms with Gasteiger partial charge in [-0.25, -0.2) is 4.79 Å². The molecule has 150 valence electrons. The van der Waals surface area contributed by atoms with Gasteiger partial charge in [0, 0.05) is 11.1 Å². The lowest BCUT2D eigenvalue weighted by molar-refractivity contribution is 0.0591. The summed E-state index contributed by atoms with van der Waals surface area (Å²) in [4.78, 5) is 32.3. The first-order valence-corrected chi connectivity index (χ1v) is 8.16. The van der Waals surface area contributed by atoms with Crippen LogP contribution in [0.5, 0.6) is 17.2 Å². The monoisotopic (exact) mass is 390 g/mol. The Labute approximate surface area is 162 Å². The number of rotatable bonds is 8. The first kappa shape index (κ1) is 20.8. The van der Waals surface area contributed by atoms with E-state index in [2.05, 4.69) is 10.1 Å². The van der Waals surface area contributed by atoms with Gasteiger partial charge in [0.1, 0.15) is 12.8 Å². The van der Waals surface area contributed by atoms with Gasteiger partial charge in [0.2, 0.25) is 5.75 Å². The van der Waals surface area contributed by atoms with Gasteiger partial charge in [-0.1, -0.05) is 5.16 Å². The summed E-state index contributed by atoms with van der Waals surface area (Å²) in [6.07, 6.45) is 1.35. The van der Waals surface area contributed by atoms with Gasteiger partial charge in [-0.15, -0.1) is 0 Å². The maximum absolute atomic E-state index is 12.4. The molecular formula is C19H22N2O7. The summed E-state index contributed by atoms with van der Waals surface area (Å²) >= 11 is 0. The van der Waals surface area contributed by atoms with Gasteiger partial charge < -0.3 is 28.8 Å². The van der Waals surface area contributed by atoms with Crippen LogP contribution in [0.15, 0.2) is 17.3 Å². The minimum Gasteiger partial charge on any atom is -0.493 e. The van der Waals surface area contributed by atoms with Crippen molar-refractivity contribution >= 4 is 18.0 Å². The predicted octanol–water partition coefficient (Wildman–Crippen LogP) is 2.68. The molecule has 0 spiro atoms. The first-order chi connectivity index (χ1) is 13.4. The highest BCUT2D eigenvalue weighted by Gasteiger charge is 2.29. The van der Waals surface area contributed by atoms with Crippen molar-refractivity contribution in [2.75, 3.05) is 35.5 Å². The Morgan fingerprint density at radius 2 is 1.68 bits per heavy atom. The molecule has 0 aliphatic heterocycles. The largest absolute Gasteiger partial charge is 0.493 e. The van der Waals surface area contributed by atoms with E-state index in [0.717, 1.165) is 0 Å². The highest BCUT2D eigenvalue weighted by atomic mass is 16.6. The van der Waals surface area contributed by atoms with E-state index in [1.165, 1.54) is 48.7 Å². The average Bonchev–Trinajstić information content (AvgIpc) is 3.09. The number of nitrogens with one attached hydrogen (secondary N) is 1. The number of hydrogen-bond acceptors (Lipinski definition) is 8. The minimum atomic E-state index is -0.692. The number of H-pyrrole nitrogens is 1. The number of oxime groups is 1. The number of carbonyl (C=O) groups is 2. The number of carbonyl (C=O) groups excluding carboxylic acids is 2. The van der Waals surface area contributed by atoms with E-state index >= 15 is 0 Å². The zero-order valence-corrected chi connectivity index (χ0v) is 16.5. The maximum atomic E-state index is 12.4. The summed E-state index contributed by atoms with van der Waals surface area (Å²) in [5, 5.41) is 3.74. The number of aromatic nitrogens is 1. The van der Waals surface area contributed by atoms with Crippen molar-refractivity contribution in [3.05, 3.63) is 29.1 Å². The molecule has 0 saturated heterocycles. The van der Waals surface area contributed by atoms with E-state index in [0.29, 0.717) is 34.1 Å². The standard InChI is InChI=1S/C19H22N2O7/c1-10(22)14-15(12(9-20-28-6)21-16(14)19(23)27-5)11-7-8-13(24-2)18(26-4)17(11)25-3/h7-9,21H,1-6H3. The van der Waals surface area contributed by atoms with E-state index in [1.807, 2.05) is 0 Å². The third kappa shape index (κ3) is 3.64. The van der Waals surface area contributed by atoms with E-state index < -0.39 is 5.97 Å². The van der Waals surface area contributed by atoms with Gasteiger partial charge >= 0.3 is 5.97 Å². The van der Waals surface area contributed by atoms with Gasteiger partial charge in [0.05, 0.1) is 45.9 Å². The van der Waals surface area contributed by atoms with E-state index in [-0.39, 0.29) is 17.0 Å². The number of ether oxygens (including phenoxy) is 4. The third-order valence-corrected chi connectivity index (χ3v) is 4.03. The molecule has 1 N–H and O–H groups in total. The number of methoxy groups -OCH3 is 4. The lowest BCUT2D eigenvalue weighted by atomic mass is 9.96. The molecule has 9 heteroatoms. The summed E-state index contributed by atoms with van der Waals surface area (Å²) in [7, 11) is 7.04. The SMILES string of the molecule is CON=Cc1[nH]c(C(=O)OC)c(C(C)=O)c1-c1ccc(OC)c(OC)c1OC. The summed E-state index contributed by atoms with van der Waals surface area (Å²) in [5.74, 6) is 0.0751. The molecule has 1 aromatic heterocycles. The molecule has 0 saturated carbocycles. The molecule has 28 heavy (non-hydrogen) atoms. The number of aromatic amines is 1. The van der Waals surface area contributed by atoms with Crippen LogP contribution in [0.1, 0.15) is 33.5 Å². The zero-order chi connectivity index (χ0) is 20.8. The van der Waals surface area contributed by atoms with E-state index in [9.17, 15) is 9.59 Å². The Bertz CT molecular complexity index is 915. The van der Waals surface area contributed by atoms with Crippen LogP contribution in [0.3, 0.4) is 0 Å². The quantitative estimate of drug-likeness (QED) is 0.319. The van der Waals surface area contributed by atoms with Crippen LogP contribution in [0.25, 0.3) is 11.1 Å². The Kier molecular flexibility index (Phi) is 6.64. The lowest BCUT2D eigenvalue weighted by Gasteiger charge is -2.16. The maximum Gasteiger partial charge on any atom is 0.355 e. The highest BCUT2D eigenvalue weighted by molar-refractivity contribution is 6.13. The molecule has 0 aliphatic rings. The number of Topliss-reactive ketones (excluding diaryl/α,β-unsaturated/α-hetero) is 1. The molecule has 9 nitrogen and oxygen atoms in total. The molecule has 2 aromatic rings. The average molecular weight is 390 g/mol. The van der Waals surface area contributed by atoms with Crippen molar-refractivity contribution in [1.29, 1.82) is 0 Å². The molecule has 0 atom stereocenters. The van der Waals surface area contributed by atoms with Crippen LogP contribution < -0.4 is 14.2 Å². The Hall–Kier alpha value is -3.49. The van der Waals surface area contributed by atoms with Gasteiger partial charge in [-0.3, -0.25) is 4.79 Å². The zero-order valence-electron chi connectivity index (χ0n) is 16.5. The summed E-state index contributed by atoms with van der Waals surface area (Å²) in [6, 6.07) is 3.36. The molecule has 0 radical (unpaired) electrons. The molecule has 1 aromatic carbocycles. The second-order valence-electron chi connectivity index (χ2n) is 5.51. The number of ketones is 1. The number of esters is 1. The highest BCUT2D eigenvalue weighted by Crippen LogP contribution is 2.46. The molecule has 0 aliphatic carbocycles. The van der Waals surface area contributed by atoms with Crippen molar-refractivity contribution in [3.8, 4) is 28.4 Å². The Morgan fingerprint density at radius 1 is 1.00 bits per heavy atom. The second kappa shape index (κ2) is 8.94. The van der Waals surface area contributed by atoms with Crippen LogP contribution >= 0.6 is 0 Å². The summed E-state index contributed by atoms with van der Waals surface area (Å²) in [6.45, 7) is 1.35. The van der Waals surface area contributed by atoms with Gasteiger partial charge in [-0.2, -0.15) is 0 Å².